The molecule has 0 unspecified atom stereocenters. The first-order valence-electron chi connectivity index (χ1n) is 8.25. The highest BCUT2D eigenvalue weighted by atomic mass is 19.3. The summed E-state index contributed by atoms with van der Waals surface area (Å²) < 4.78 is 34.3. The minimum atomic E-state index is -2.93. The van der Waals surface area contributed by atoms with Crippen LogP contribution >= 0.6 is 0 Å². The predicted octanol–water partition coefficient (Wildman–Crippen LogP) is 3.37. The minimum absolute atomic E-state index is 0.0471. The number of carbonyl (C=O) groups is 1. The van der Waals surface area contributed by atoms with Crippen LogP contribution in [-0.4, -0.2) is 41.8 Å². The van der Waals surface area contributed by atoms with Gasteiger partial charge >= 0.3 is 6.61 Å². The van der Waals surface area contributed by atoms with Gasteiger partial charge in [-0.2, -0.15) is 13.9 Å². The molecular formula is C19H19F2N3O3. The van der Waals surface area contributed by atoms with Crippen LogP contribution in [-0.2, 0) is 17.8 Å². The van der Waals surface area contributed by atoms with Gasteiger partial charge in [0.25, 0.3) is 0 Å². The molecule has 1 aromatic heterocycles. The van der Waals surface area contributed by atoms with E-state index in [1.807, 2.05) is 24.3 Å². The van der Waals surface area contributed by atoms with E-state index in [2.05, 4.69) is 14.9 Å². The lowest BCUT2D eigenvalue weighted by atomic mass is 10.1. The number of halogens is 2. The molecule has 142 valence electrons. The highest BCUT2D eigenvalue weighted by molar-refractivity contribution is 5.87. The zero-order chi connectivity index (χ0) is 19.4. The molecule has 0 radical (unpaired) electrons. The van der Waals surface area contributed by atoms with Crippen molar-refractivity contribution in [1.29, 1.82) is 0 Å². The minimum Gasteiger partial charge on any atom is -0.493 e. The maximum Gasteiger partial charge on any atom is 0.387 e. The first-order chi connectivity index (χ1) is 13.0. The number of amides is 1. The van der Waals surface area contributed by atoms with Crippen molar-refractivity contribution in [3.63, 3.8) is 0 Å². The Morgan fingerprint density at radius 2 is 2.00 bits per heavy atom. The number of fused-ring (bicyclic) bond motifs is 1. The van der Waals surface area contributed by atoms with Crippen molar-refractivity contribution in [2.45, 2.75) is 19.6 Å². The van der Waals surface area contributed by atoms with Gasteiger partial charge in [0.05, 0.1) is 24.7 Å². The van der Waals surface area contributed by atoms with Gasteiger partial charge in [-0.05, 0) is 23.8 Å². The van der Waals surface area contributed by atoms with Crippen molar-refractivity contribution in [1.82, 2.24) is 15.1 Å². The molecule has 0 aliphatic carbocycles. The number of benzene rings is 2. The number of hydrogen-bond acceptors (Lipinski definition) is 4. The van der Waals surface area contributed by atoms with E-state index in [9.17, 15) is 13.6 Å². The van der Waals surface area contributed by atoms with Gasteiger partial charge in [-0.1, -0.05) is 24.3 Å². The van der Waals surface area contributed by atoms with Crippen LogP contribution in [0.1, 0.15) is 11.3 Å². The molecule has 0 aliphatic heterocycles. The Morgan fingerprint density at radius 1 is 1.22 bits per heavy atom. The Bertz CT molecular complexity index is 943. The molecule has 0 saturated heterocycles. The van der Waals surface area contributed by atoms with E-state index in [1.54, 1.807) is 24.1 Å². The Labute approximate surface area is 154 Å². The molecule has 1 N–H and O–H groups in total. The first kappa shape index (κ1) is 18.6. The number of hydrogen-bond donors (Lipinski definition) is 1. The fraction of sp³-hybridized carbons (Fsp3) is 0.263. The summed E-state index contributed by atoms with van der Waals surface area (Å²) in [6.45, 7) is -2.63. The number of aromatic nitrogens is 2. The summed E-state index contributed by atoms with van der Waals surface area (Å²) in [6, 6.07) is 12.2. The van der Waals surface area contributed by atoms with Crippen molar-refractivity contribution >= 4 is 16.8 Å². The molecular weight excluding hydrogens is 356 g/mol. The van der Waals surface area contributed by atoms with E-state index in [0.717, 1.165) is 22.2 Å². The number of likely N-dealkylation sites (N-methyl/N-ethyl adjacent to an activating group) is 1. The third kappa shape index (κ3) is 4.33. The van der Waals surface area contributed by atoms with E-state index in [0.29, 0.717) is 6.54 Å². The van der Waals surface area contributed by atoms with Gasteiger partial charge in [0.15, 0.2) is 11.5 Å². The number of nitrogens with zero attached hydrogens (tertiary/aromatic N) is 2. The van der Waals surface area contributed by atoms with Crippen LogP contribution in [0.2, 0.25) is 0 Å². The molecule has 0 bridgehead atoms. The molecule has 27 heavy (non-hydrogen) atoms. The highest BCUT2D eigenvalue weighted by Gasteiger charge is 2.16. The molecule has 1 heterocycles. The van der Waals surface area contributed by atoms with Crippen molar-refractivity contribution in [3.05, 3.63) is 53.7 Å². The highest BCUT2D eigenvalue weighted by Crippen LogP contribution is 2.29. The Morgan fingerprint density at radius 3 is 2.74 bits per heavy atom. The molecule has 3 rings (SSSR count). The van der Waals surface area contributed by atoms with Crippen molar-refractivity contribution in [2.24, 2.45) is 0 Å². The molecule has 2 aromatic carbocycles. The van der Waals surface area contributed by atoms with Gasteiger partial charge in [-0.15, -0.1) is 0 Å². The number of ether oxygens (including phenoxy) is 2. The van der Waals surface area contributed by atoms with Crippen LogP contribution in [0.25, 0.3) is 10.9 Å². The molecule has 0 fully saturated rings. The number of carbonyl (C=O) groups excluding carboxylic acids is 1. The zero-order valence-electron chi connectivity index (χ0n) is 14.9. The second-order valence-corrected chi connectivity index (χ2v) is 6.01. The van der Waals surface area contributed by atoms with E-state index in [-0.39, 0.29) is 23.8 Å². The molecule has 0 aliphatic rings. The standard InChI is InChI=1S/C19H19F2N3O3/c1-24(11-12-7-8-16(27-19(20)21)17(9-12)26-2)18(25)10-15-13-5-3-4-6-14(13)22-23-15/h3-9,19H,10-11H2,1-2H3,(H,22,23). The quantitative estimate of drug-likeness (QED) is 0.688. The largest absolute Gasteiger partial charge is 0.493 e. The molecule has 3 aromatic rings. The van der Waals surface area contributed by atoms with Gasteiger partial charge in [0.2, 0.25) is 5.91 Å². The van der Waals surface area contributed by atoms with E-state index < -0.39 is 6.61 Å². The molecule has 6 nitrogen and oxygen atoms in total. The van der Waals surface area contributed by atoms with E-state index >= 15 is 0 Å². The third-order valence-electron chi connectivity index (χ3n) is 4.16. The number of nitrogens with one attached hydrogen (secondary N) is 1. The number of methoxy groups -OCH3 is 1. The van der Waals surface area contributed by atoms with E-state index in [1.165, 1.54) is 13.2 Å². The topological polar surface area (TPSA) is 67.5 Å². The van der Waals surface area contributed by atoms with Gasteiger partial charge in [0.1, 0.15) is 0 Å². The second-order valence-electron chi connectivity index (χ2n) is 6.01. The van der Waals surface area contributed by atoms with Crippen LogP contribution in [0.5, 0.6) is 11.5 Å². The summed E-state index contributed by atoms with van der Waals surface area (Å²) in [6.07, 6.45) is 0.181. The molecule has 8 heteroatoms. The molecule has 0 spiro atoms. The van der Waals surface area contributed by atoms with Crippen molar-refractivity contribution < 1.29 is 23.0 Å². The SMILES string of the molecule is COc1cc(CN(C)C(=O)Cc2[nH]nc3ccccc23)ccc1OC(F)F. The Kier molecular flexibility index (Phi) is 5.54. The summed E-state index contributed by atoms with van der Waals surface area (Å²) in [4.78, 5) is 14.1. The Hall–Kier alpha value is -3.16. The smallest absolute Gasteiger partial charge is 0.387 e. The molecule has 0 saturated carbocycles. The maximum absolute atomic E-state index is 12.5. The van der Waals surface area contributed by atoms with Gasteiger partial charge in [0, 0.05) is 19.0 Å². The van der Waals surface area contributed by atoms with Gasteiger partial charge < -0.3 is 14.4 Å². The zero-order valence-corrected chi connectivity index (χ0v) is 14.9. The lowest BCUT2D eigenvalue weighted by Crippen LogP contribution is -2.27. The average molecular weight is 375 g/mol. The summed E-state index contributed by atoms with van der Waals surface area (Å²) >= 11 is 0. The monoisotopic (exact) mass is 375 g/mol. The van der Waals surface area contributed by atoms with E-state index in [4.69, 9.17) is 4.74 Å². The lowest BCUT2D eigenvalue weighted by Gasteiger charge is -2.18. The van der Waals surface area contributed by atoms with Crippen LogP contribution < -0.4 is 9.47 Å². The van der Waals surface area contributed by atoms with Crippen LogP contribution in [0.3, 0.4) is 0 Å². The summed E-state index contributed by atoms with van der Waals surface area (Å²) in [5, 5.41) is 8.00. The number of aromatic amines is 1. The van der Waals surface area contributed by atoms with Crippen LogP contribution in [0.15, 0.2) is 42.5 Å². The number of alkyl halides is 2. The summed E-state index contributed by atoms with van der Waals surface area (Å²) in [5.41, 5.74) is 2.29. The fourth-order valence-electron chi connectivity index (χ4n) is 2.80. The van der Waals surface area contributed by atoms with Gasteiger partial charge in [-0.3, -0.25) is 9.89 Å². The van der Waals surface area contributed by atoms with Crippen LogP contribution in [0, 0.1) is 0 Å². The van der Waals surface area contributed by atoms with Crippen molar-refractivity contribution in [3.8, 4) is 11.5 Å². The number of rotatable bonds is 7. The molecule has 1 amide bonds. The van der Waals surface area contributed by atoms with Crippen molar-refractivity contribution in [2.75, 3.05) is 14.2 Å². The molecule has 0 atom stereocenters. The third-order valence-corrected chi connectivity index (χ3v) is 4.16. The van der Waals surface area contributed by atoms with Crippen LogP contribution in [0.4, 0.5) is 8.78 Å². The number of para-hydroxylation sites is 1. The second kappa shape index (κ2) is 8.03. The average Bonchev–Trinajstić information content (AvgIpc) is 3.05. The first-order valence-corrected chi connectivity index (χ1v) is 8.25. The number of H-pyrrole nitrogens is 1. The summed E-state index contributed by atoms with van der Waals surface area (Å²) in [5.74, 6) is 0.0404. The fourth-order valence-corrected chi connectivity index (χ4v) is 2.80. The summed E-state index contributed by atoms with van der Waals surface area (Å²) in [7, 11) is 3.05. The normalized spacial score (nSPS) is 11.0. The van der Waals surface area contributed by atoms with Gasteiger partial charge in [-0.25, -0.2) is 0 Å². The maximum atomic E-state index is 12.5. The Balaban J connectivity index is 1.69. The predicted molar refractivity (Wildman–Crippen MR) is 95.9 cm³/mol. The lowest BCUT2D eigenvalue weighted by molar-refractivity contribution is -0.129.